The van der Waals surface area contributed by atoms with Crippen LogP contribution in [0.25, 0.3) is 0 Å². The molecular weight excluding hydrogens is 562 g/mol. The highest BCUT2D eigenvalue weighted by atomic mass is 16.4. The van der Waals surface area contributed by atoms with E-state index in [0.717, 1.165) is 0 Å². The highest BCUT2D eigenvalue weighted by Gasteiger charge is 2.33. The van der Waals surface area contributed by atoms with E-state index in [-0.39, 0.29) is 31.8 Å². The molecule has 16 nitrogen and oxygen atoms in total. The van der Waals surface area contributed by atoms with Crippen molar-refractivity contribution in [2.24, 2.45) is 11.5 Å². The molecule has 0 aliphatic carbocycles. The Morgan fingerprint density at radius 2 is 1.42 bits per heavy atom. The second kappa shape index (κ2) is 17.9. The first kappa shape index (κ1) is 34.5. The molecule has 1 saturated heterocycles. The summed E-state index contributed by atoms with van der Waals surface area (Å²) in [4.78, 5) is 77.3. The lowest BCUT2D eigenvalue weighted by Crippen LogP contribution is -2.58. The fraction of sp³-hybridized carbons (Fsp3) is 0.519. The van der Waals surface area contributed by atoms with E-state index in [9.17, 15) is 33.9 Å². The third kappa shape index (κ3) is 12.8. The highest BCUT2D eigenvalue weighted by Crippen LogP contribution is 2.09. The van der Waals surface area contributed by atoms with Crippen molar-refractivity contribution in [1.82, 2.24) is 31.9 Å². The highest BCUT2D eigenvalue weighted by molar-refractivity contribution is 5.98. The van der Waals surface area contributed by atoms with Crippen LogP contribution in [0, 0.1) is 5.41 Å². The van der Waals surface area contributed by atoms with Crippen LogP contribution in [0.4, 0.5) is 0 Å². The van der Waals surface area contributed by atoms with Gasteiger partial charge >= 0.3 is 5.97 Å². The van der Waals surface area contributed by atoms with Gasteiger partial charge in [-0.2, -0.15) is 0 Å². The number of aliphatic carboxylic acids is 1. The number of rotatable bonds is 12. The van der Waals surface area contributed by atoms with E-state index in [4.69, 9.17) is 16.9 Å². The van der Waals surface area contributed by atoms with Crippen LogP contribution < -0.4 is 43.4 Å². The van der Waals surface area contributed by atoms with Gasteiger partial charge in [0.1, 0.15) is 24.2 Å². The quantitative estimate of drug-likeness (QED) is 0.0664. The standard InChI is InChI=1S/C27H41N9O7/c28-11-5-4-9-18-24(41)34-17(10-6-12-31-27(29)30)23(40)32-15-21(37)33-20(14-22(38)39)26(43)36-19(25(42)35-18)13-16-7-2-1-3-8-16/h1-3,7-8,17-20H,4-6,9-15,28H2,(H,32,40)(H,33,37)(H,34,41)(H,35,42)(H,36,43)(H,38,39)(H4,29,30,31)/t17-,18-,19-,20+/m0/s1. The molecule has 0 radical (unpaired) electrons. The van der Waals surface area contributed by atoms with E-state index < -0.39 is 72.6 Å². The van der Waals surface area contributed by atoms with Gasteiger partial charge in [0.25, 0.3) is 0 Å². The van der Waals surface area contributed by atoms with Gasteiger partial charge in [0, 0.05) is 13.0 Å². The van der Waals surface area contributed by atoms with Crippen LogP contribution in [0.5, 0.6) is 0 Å². The van der Waals surface area contributed by atoms with Gasteiger partial charge in [0.2, 0.25) is 29.5 Å². The number of carbonyl (C=O) groups excluding carboxylic acids is 5. The van der Waals surface area contributed by atoms with Crippen LogP contribution in [-0.2, 0) is 35.2 Å². The van der Waals surface area contributed by atoms with Crippen LogP contribution >= 0.6 is 0 Å². The first-order valence-electron chi connectivity index (χ1n) is 14.0. The maximum atomic E-state index is 13.6. The normalized spacial score (nSPS) is 22.0. The summed E-state index contributed by atoms with van der Waals surface area (Å²) < 4.78 is 0. The van der Waals surface area contributed by atoms with Crippen molar-refractivity contribution in [1.29, 1.82) is 5.41 Å². The van der Waals surface area contributed by atoms with E-state index in [2.05, 4.69) is 31.9 Å². The number of carboxylic acid groups (broad SMARTS) is 1. The zero-order valence-electron chi connectivity index (χ0n) is 23.8. The monoisotopic (exact) mass is 603 g/mol. The van der Waals surface area contributed by atoms with Crippen LogP contribution in [0.2, 0.25) is 0 Å². The summed E-state index contributed by atoms with van der Waals surface area (Å²) in [6.45, 7) is -0.0159. The van der Waals surface area contributed by atoms with Crippen molar-refractivity contribution in [3.63, 3.8) is 0 Å². The van der Waals surface area contributed by atoms with Gasteiger partial charge in [-0.15, -0.1) is 0 Å². The van der Waals surface area contributed by atoms with E-state index >= 15 is 0 Å². The molecule has 43 heavy (non-hydrogen) atoms. The van der Waals surface area contributed by atoms with Gasteiger partial charge in [0.15, 0.2) is 5.96 Å². The molecule has 0 aromatic heterocycles. The first-order valence-corrected chi connectivity index (χ1v) is 14.0. The number of carbonyl (C=O) groups is 6. The van der Waals surface area contributed by atoms with Crippen LogP contribution in [-0.4, -0.2) is 90.4 Å². The van der Waals surface area contributed by atoms with Crippen LogP contribution in [0.15, 0.2) is 30.3 Å². The van der Waals surface area contributed by atoms with Crippen molar-refractivity contribution >= 4 is 41.5 Å². The summed E-state index contributed by atoms with van der Waals surface area (Å²) in [7, 11) is 0. The maximum Gasteiger partial charge on any atom is 0.305 e. The molecule has 16 heteroatoms. The molecule has 236 valence electrons. The molecule has 1 heterocycles. The number of hydrogen-bond acceptors (Lipinski definition) is 8. The Morgan fingerprint density at radius 3 is 2.05 bits per heavy atom. The molecule has 1 aliphatic rings. The minimum absolute atomic E-state index is 0.00903. The minimum atomic E-state index is -1.55. The van der Waals surface area contributed by atoms with Gasteiger partial charge in [-0.05, 0) is 44.2 Å². The molecule has 12 N–H and O–H groups in total. The Kier molecular flexibility index (Phi) is 14.4. The number of benzene rings is 1. The maximum absolute atomic E-state index is 13.6. The third-order valence-corrected chi connectivity index (χ3v) is 6.57. The molecule has 4 atom stereocenters. The Hall–Kier alpha value is -4.73. The Bertz CT molecular complexity index is 1150. The van der Waals surface area contributed by atoms with Crippen LogP contribution in [0.1, 0.15) is 44.1 Å². The predicted molar refractivity (Wildman–Crippen MR) is 155 cm³/mol. The smallest absolute Gasteiger partial charge is 0.305 e. The fourth-order valence-electron chi connectivity index (χ4n) is 4.36. The van der Waals surface area contributed by atoms with Crippen molar-refractivity contribution in [2.45, 2.75) is 69.1 Å². The van der Waals surface area contributed by atoms with E-state index in [1.165, 1.54) is 0 Å². The third-order valence-electron chi connectivity index (χ3n) is 6.57. The average Bonchev–Trinajstić information content (AvgIpc) is 2.95. The number of carboxylic acids is 1. The van der Waals surface area contributed by atoms with Gasteiger partial charge in [0.05, 0.1) is 13.0 Å². The summed E-state index contributed by atoms with van der Waals surface area (Å²) in [5.74, 6) is -5.50. The molecule has 2 rings (SSSR count). The zero-order valence-corrected chi connectivity index (χ0v) is 23.8. The first-order chi connectivity index (χ1) is 20.5. The Morgan fingerprint density at radius 1 is 0.837 bits per heavy atom. The average molecular weight is 604 g/mol. The Balaban J connectivity index is 2.42. The molecule has 1 aromatic rings. The van der Waals surface area contributed by atoms with Crippen molar-refractivity contribution in [3.8, 4) is 0 Å². The largest absolute Gasteiger partial charge is 0.481 e. The summed E-state index contributed by atoms with van der Waals surface area (Å²) in [5.41, 5.74) is 11.6. The fourth-order valence-corrected chi connectivity index (χ4v) is 4.36. The molecular formula is C27H41N9O7. The van der Waals surface area contributed by atoms with Crippen molar-refractivity contribution in [3.05, 3.63) is 35.9 Å². The van der Waals surface area contributed by atoms with E-state index in [1.807, 2.05) is 0 Å². The van der Waals surface area contributed by atoms with Gasteiger partial charge < -0.3 is 48.5 Å². The minimum Gasteiger partial charge on any atom is -0.481 e. The SMILES string of the molecule is N=C(N)NCCC[C@@H]1NC(=O)[C@H](CCCCN)NC(=O)[C@H](Cc2ccccc2)NC(=O)[C@@H](CC(=O)O)NC(=O)CNC1=O. The molecule has 5 amide bonds. The van der Waals surface area contributed by atoms with Gasteiger partial charge in [-0.1, -0.05) is 30.3 Å². The number of guanidine groups is 1. The van der Waals surface area contributed by atoms with Crippen molar-refractivity contribution < 1.29 is 33.9 Å². The number of hydrogen-bond donors (Lipinski definition) is 10. The lowest BCUT2D eigenvalue weighted by molar-refractivity contribution is -0.141. The summed E-state index contributed by atoms with van der Waals surface area (Å²) in [5, 5.41) is 31.7. The number of amides is 5. The van der Waals surface area contributed by atoms with Crippen LogP contribution in [0.3, 0.4) is 0 Å². The summed E-state index contributed by atoms with van der Waals surface area (Å²) in [6, 6.07) is 3.74. The lowest BCUT2D eigenvalue weighted by atomic mass is 10.0. The molecule has 0 bridgehead atoms. The second-order valence-electron chi connectivity index (χ2n) is 10.1. The topological polar surface area (TPSA) is 271 Å². The molecule has 1 aliphatic heterocycles. The lowest BCUT2D eigenvalue weighted by Gasteiger charge is -2.26. The molecule has 1 aromatic carbocycles. The van der Waals surface area contributed by atoms with Gasteiger partial charge in [-0.3, -0.25) is 34.2 Å². The summed E-state index contributed by atoms with van der Waals surface area (Å²) >= 11 is 0. The molecule has 0 unspecified atom stereocenters. The number of unbranched alkanes of at least 4 members (excludes halogenated alkanes) is 1. The summed E-state index contributed by atoms with van der Waals surface area (Å²) in [6.07, 6.45) is 0.864. The predicted octanol–water partition coefficient (Wildman–Crippen LogP) is -2.83. The second-order valence-corrected chi connectivity index (χ2v) is 10.1. The van der Waals surface area contributed by atoms with E-state index in [0.29, 0.717) is 31.4 Å². The van der Waals surface area contributed by atoms with Crippen molar-refractivity contribution in [2.75, 3.05) is 19.6 Å². The van der Waals surface area contributed by atoms with E-state index in [1.54, 1.807) is 30.3 Å². The number of nitrogens with two attached hydrogens (primary N) is 2. The molecule has 0 spiro atoms. The Labute approximate surface area is 249 Å². The molecule has 1 fully saturated rings. The number of nitrogens with one attached hydrogen (secondary N) is 7. The zero-order chi connectivity index (χ0) is 31.8. The van der Waals surface area contributed by atoms with Gasteiger partial charge in [-0.25, -0.2) is 0 Å². The molecule has 0 saturated carbocycles.